The van der Waals surface area contributed by atoms with Crippen LogP contribution in [0, 0.1) is 17.2 Å². The molecule has 0 aromatic rings. The largest absolute Gasteiger partial charge is 0.394 e. The molecule has 1 saturated heterocycles. The predicted molar refractivity (Wildman–Crippen MR) is 31.7 cm³/mol. The van der Waals surface area contributed by atoms with E-state index in [9.17, 15) is 0 Å². The van der Waals surface area contributed by atoms with Crippen molar-refractivity contribution >= 4 is 0 Å². The van der Waals surface area contributed by atoms with Crippen molar-refractivity contribution in [1.82, 2.24) is 0 Å². The van der Waals surface area contributed by atoms with Crippen molar-refractivity contribution in [2.45, 2.75) is 18.8 Å². The van der Waals surface area contributed by atoms with Gasteiger partial charge in [0.25, 0.3) is 0 Å². The molecule has 1 heterocycles. The maximum atomic E-state index is 8.93. The van der Waals surface area contributed by atoms with E-state index in [1.807, 2.05) is 6.07 Å². The van der Waals surface area contributed by atoms with Gasteiger partial charge < -0.3 is 14.9 Å². The lowest BCUT2D eigenvalue weighted by atomic mass is 10.1. The second-order valence-corrected chi connectivity index (χ2v) is 2.30. The first-order valence-corrected chi connectivity index (χ1v) is 3.12. The van der Waals surface area contributed by atoms with Crippen molar-refractivity contribution in [3.63, 3.8) is 0 Å². The predicted octanol–water partition coefficient (Wildman–Crippen LogP) is -0.774. The molecule has 2 N–H and O–H groups in total. The Labute approximate surface area is 58.7 Å². The molecule has 0 aromatic heterocycles. The van der Waals surface area contributed by atoms with Gasteiger partial charge in [0.05, 0.1) is 24.7 Å². The molecule has 0 amide bonds. The highest BCUT2D eigenvalue weighted by Crippen LogP contribution is 2.23. The summed E-state index contributed by atoms with van der Waals surface area (Å²) in [6.07, 6.45) is -0.949. The number of aliphatic hydroxyl groups excluding tert-OH is 2. The van der Waals surface area contributed by atoms with Crippen molar-refractivity contribution in [1.29, 1.82) is 5.26 Å². The van der Waals surface area contributed by atoms with Gasteiger partial charge in [0, 0.05) is 0 Å². The molecule has 0 saturated carbocycles. The quantitative estimate of drug-likeness (QED) is 0.505. The Bertz CT molecular complexity index is 154. The van der Waals surface area contributed by atoms with Gasteiger partial charge in [0.15, 0.2) is 6.29 Å². The minimum Gasteiger partial charge on any atom is -0.394 e. The average Bonchev–Trinajstić information content (AvgIpc) is 2.30. The Hall–Kier alpha value is -0.630. The smallest absolute Gasteiger partial charge is 0.170 e. The van der Waals surface area contributed by atoms with Gasteiger partial charge in [0.2, 0.25) is 0 Å². The summed E-state index contributed by atoms with van der Waals surface area (Å²) in [6.45, 7) is -0.130. The molecule has 0 bridgehead atoms. The van der Waals surface area contributed by atoms with Crippen molar-refractivity contribution < 1.29 is 14.9 Å². The second kappa shape index (κ2) is 2.97. The minimum absolute atomic E-state index is 0.130. The molecule has 1 fully saturated rings. The molecule has 4 heteroatoms. The van der Waals surface area contributed by atoms with Gasteiger partial charge in [-0.1, -0.05) is 0 Å². The lowest BCUT2D eigenvalue weighted by molar-refractivity contribution is -0.110. The molecule has 0 aliphatic carbocycles. The highest BCUT2D eigenvalue weighted by Gasteiger charge is 2.33. The summed E-state index contributed by atoms with van der Waals surface area (Å²) < 4.78 is 4.80. The zero-order valence-electron chi connectivity index (χ0n) is 5.40. The molecule has 3 atom stereocenters. The number of nitrogens with zero attached hydrogens (tertiary/aromatic N) is 1. The third-order valence-electron chi connectivity index (χ3n) is 1.56. The third-order valence-corrected chi connectivity index (χ3v) is 1.56. The molecule has 3 unspecified atom stereocenters. The van der Waals surface area contributed by atoms with Crippen molar-refractivity contribution in [3.8, 4) is 6.07 Å². The number of rotatable bonds is 1. The first kappa shape index (κ1) is 7.48. The monoisotopic (exact) mass is 143 g/mol. The third kappa shape index (κ3) is 1.27. The zero-order chi connectivity index (χ0) is 7.56. The van der Waals surface area contributed by atoms with Crippen molar-refractivity contribution in [2.75, 3.05) is 6.61 Å². The van der Waals surface area contributed by atoms with Crippen LogP contribution in [-0.2, 0) is 4.74 Å². The number of ether oxygens (including phenoxy) is 1. The molecule has 56 valence electrons. The van der Waals surface area contributed by atoms with Gasteiger partial charge in [-0.15, -0.1) is 0 Å². The van der Waals surface area contributed by atoms with Crippen LogP contribution in [0.2, 0.25) is 0 Å². The Morgan fingerprint density at radius 2 is 2.40 bits per heavy atom. The molecule has 4 nitrogen and oxygen atoms in total. The van der Waals surface area contributed by atoms with Crippen LogP contribution in [0.15, 0.2) is 0 Å². The molecular formula is C6H9NO3. The Kier molecular flexibility index (Phi) is 2.22. The Morgan fingerprint density at radius 3 is 2.70 bits per heavy atom. The number of hydrogen-bond acceptors (Lipinski definition) is 4. The summed E-state index contributed by atoms with van der Waals surface area (Å²) in [5, 5.41) is 25.9. The molecular weight excluding hydrogens is 134 g/mol. The van der Waals surface area contributed by atoms with E-state index < -0.39 is 12.2 Å². The van der Waals surface area contributed by atoms with Crippen LogP contribution in [0.1, 0.15) is 6.42 Å². The van der Waals surface area contributed by atoms with E-state index in [0.29, 0.717) is 6.42 Å². The van der Waals surface area contributed by atoms with Gasteiger partial charge in [-0.25, -0.2) is 0 Å². The van der Waals surface area contributed by atoms with Crippen molar-refractivity contribution in [3.05, 3.63) is 0 Å². The molecule has 10 heavy (non-hydrogen) atoms. The van der Waals surface area contributed by atoms with E-state index in [1.54, 1.807) is 0 Å². The molecule has 0 spiro atoms. The molecule has 0 radical (unpaired) electrons. The fourth-order valence-corrected chi connectivity index (χ4v) is 0.981. The van der Waals surface area contributed by atoms with Crippen molar-refractivity contribution in [2.24, 2.45) is 5.92 Å². The summed E-state index contributed by atoms with van der Waals surface area (Å²) in [4.78, 5) is 0. The average molecular weight is 143 g/mol. The highest BCUT2D eigenvalue weighted by atomic mass is 16.6. The lowest BCUT2D eigenvalue weighted by Gasteiger charge is -2.04. The molecule has 1 aliphatic rings. The van der Waals surface area contributed by atoms with Crippen LogP contribution >= 0.6 is 0 Å². The van der Waals surface area contributed by atoms with E-state index in [2.05, 4.69) is 0 Å². The summed E-state index contributed by atoms with van der Waals surface area (Å²) >= 11 is 0. The SMILES string of the molecule is N#CC1CC(CO)OC1O. The second-order valence-electron chi connectivity index (χ2n) is 2.30. The van der Waals surface area contributed by atoms with Crippen LogP contribution < -0.4 is 0 Å². The van der Waals surface area contributed by atoms with Crippen LogP contribution in [0.5, 0.6) is 0 Å². The number of nitriles is 1. The molecule has 0 aromatic carbocycles. The fraction of sp³-hybridized carbons (Fsp3) is 0.833. The van der Waals surface area contributed by atoms with E-state index in [4.69, 9.17) is 20.2 Å². The Morgan fingerprint density at radius 1 is 1.70 bits per heavy atom. The first-order valence-electron chi connectivity index (χ1n) is 3.12. The standard InChI is InChI=1S/C6H9NO3/c7-2-4-1-5(3-8)10-6(4)9/h4-6,8-9H,1,3H2. The van der Waals surface area contributed by atoms with E-state index in [0.717, 1.165) is 0 Å². The van der Waals surface area contributed by atoms with E-state index >= 15 is 0 Å². The number of hydrogen-bond donors (Lipinski definition) is 2. The normalized spacial score (nSPS) is 39.5. The summed E-state index contributed by atoms with van der Waals surface area (Å²) in [7, 11) is 0. The lowest BCUT2D eigenvalue weighted by Crippen LogP contribution is -2.15. The van der Waals surface area contributed by atoms with Gasteiger partial charge in [-0.05, 0) is 6.42 Å². The maximum Gasteiger partial charge on any atom is 0.170 e. The van der Waals surface area contributed by atoms with Crippen LogP contribution in [-0.4, -0.2) is 29.2 Å². The maximum absolute atomic E-state index is 8.93. The van der Waals surface area contributed by atoms with Gasteiger partial charge in [-0.3, -0.25) is 0 Å². The summed E-state index contributed by atoms with van der Waals surface area (Å²) in [5.74, 6) is -0.475. The summed E-state index contributed by atoms with van der Waals surface area (Å²) in [6, 6.07) is 1.89. The van der Waals surface area contributed by atoms with Gasteiger partial charge in [-0.2, -0.15) is 5.26 Å². The molecule has 1 rings (SSSR count). The van der Waals surface area contributed by atoms with Crippen LogP contribution in [0.4, 0.5) is 0 Å². The first-order chi connectivity index (χ1) is 4.77. The summed E-state index contributed by atoms with van der Waals surface area (Å²) in [5.41, 5.74) is 0. The van der Waals surface area contributed by atoms with Crippen LogP contribution in [0.3, 0.4) is 0 Å². The topological polar surface area (TPSA) is 73.5 Å². The van der Waals surface area contributed by atoms with Gasteiger partial charge in [0.1, 0.15) is 0 Å². The van der Waals surface area contributed by atoms with Gasteiger partial charge >= 0.3 is 0 Å². The molecule has 1 aliphatic heterocycles. The highest BCUT2D eigenvalue weighted by molar-refractivity contribution is 4.91. The minimum atomic E-state index is -1.01. The van der Waals surface area contributed by atoms with E-state index in [1.165, 1.54) is 0 Å². The zero-order valence-corrected chi connectivity index (χ0v) is 5.40. The fourth-order valence-electron chi connectivity index (χ4n) is 0.981. The Balaban J connectivity index is 2.46. The van der Waals surface area contributed by atoms with Crippen LogP contribution in [0.25, 0.3) is 0 Å². The van der Waals surface area contributed by atoms with E-state index in [-0.39, 0.29) is 12.7 Å². The number of aliphatic hydroxyl groups is 2.